The maximum Gasteiger partial charge on any atom is 0.320 e. The van der Waals surface area contributed by atoms with Crippen molar-refractivity contribution < 1.29 is 9.59 Å². The Labute approximate surface area is 185 Å². The Kier molecular flexibility index (Phi) is 6.88. The molecule has 0 radical (unpaired) electrons. The van der Waals surface area contributed by atoms with Crippen LogP contribution >= 0.6 is 34.5 Å². The van der Waals surface area contributed by atoms with Gasteiger partial charge >= 0.3 is 6.03 Å². The van der Waals surface area contributed by atoms with Gasteiger partial charge in [0.2, 0.25) is 5.91 Å². The van der Waals surface area contributed by atoms with Crippen molar-refractivity contribution in [3.63, 3.8) is 0 Å². The average molecular weight is 452 g/mol. The average Bonchev–Trinajstić information content (AvgIpc) is 3.15. The summed E-state index contributed by atoms with van der Waals surface area (Å²) in [5, 5.41) is 3.10. The van der Waals surface area contributed by atoms with Crippen LogP contribution in [-0.4, -0.2) is 60.4 Å². The van der Waals surface area contributed by atoms with Crippen LogP contribution in [0, 0.1) is 0 Å². The molecular weight excluding hydrogens is 429 g/mol. The number of nitrogens with zero attached hydrogens (tertiary/aromatic N) is 3. The molecule has 8 heteroatoms. The number of urea groups is 1. The highest BCUT2D eigenvalue weighted by atomic mass is 35.5. The van der Waals surface area contributed by atoms with Gasteiger partial charge < -0.3 is 14.7 Å². The van der Waals surface area contributed by atoms with Crippen molar-refractivity contribution in [2.75, 3.05) is 33.7 Å². The van der Waals surface area contributed by atoms with Crippen LogP contribution in [-0.2, 0) is 11.2 Å². The maximum absolute atomic E-state index is 13.3. The Bertz CT molecular complexity index is 928. The number of hydrogen-bond donors (Lipinski definition) is 0. The van der Waals surface area contributed by atoms with Crippen molar-refractivity contribution in [2.24, 2.45) is 0 Å². The summed E-state index contributed by atoms with van der Waals surface area (Å²) < 4.78 is 0. The second-order valence-electron chi connectivity index (χ2n) is 7.05. The summed E-state index contributed by atoms with van der Waals surface area (Å²) in [6, 6.07) is 6.86. The summed E-state index contributed by atoms with van der Waals surface area (Å²) in [4.78, 5) is 31.8. The van der Waals surface area contributed by atoms with Gasteiger partial charge in [-0.3, -0.25) is 4.79 Å². The standard InChI is InChI=1S/C21H23Cl2N3O2S/c1-4-9-25(21(28)24(2)3)13-19(27)26-10-7-18-16(8-11-29-18)20(26)15-6-5-14(22)12-17(15)23/h4-6,8,11-12,20H,1,7,9-10,13H2,2-3H3. The summed E-state index contributed by atoms with van der Waals surface area (Å²) in [6.07, 6.45) is 2.40. The van der Waals surface area contributed by atoms with E-state index in [4.69, 9.17) is 23.2 Å². The van der Waals surface area contributed by atoms with Gasteiger partial charge in [-0.25, -0.2) is 4.79 Å². The van der Waals surface area contributed by atoms with E-state index in [1.165, 1.54) is 14.7 Å². The molecule has 0 saturated carbocycles. The number of carbonyl (C=O) groups is 2. The van der Waals surface area contributed by atoms with Gasteiger partial charge in [0.25, 0.3) is 0 Å². The molecule has 2 heterocycles. The van der Waals surface area contributed by atoms with Gasteiger partial charge in [0.15, 0.2) is 0 Å². The Hall–Kier alpha value is -2.02. The highest BCUT2D eigenvalue weighted by Crippen LogP contribution is 2.41. The number of fused-ring (bicyclic) bond motifs is 1. The van der Waals surface area contributed by atoms with E-state index in [1.807, 2.05) is 22.4 Å². The molecule has 3 rings (SSSR count). The number of rotatable bonds is 5. The molecule has 154 valence electrons. The van der Waals surface area contributed by atoms with Crippen molar-refractivity contribution >= 4 is 46.5 Å². The van der Waals surface area contributed by atoms with E-state index in [0.29, 0.717) is 23.1 Å². The highest BCUT2D eigenvalue weighted by molar-refractivity contribution is 7.10. The van der Waals surface area contributed by atoms with Crippen molar-refractivity contribution in [2.45, 2.75) is 12.5 Å². The highest BCUT2D eigenvalue weighted by Gasteiger charge is 2.35. The Morgan fingerprint density at radius 1 is 1.28 bits per heavy atom. The minimum absolute atomic E-state index is 0.0236. The molecule has 29 heavy (non-hydrogen) atoms. The molecule has 0 N–H and O–H groups in total. The summed E-state index contributed by atoms with van der Waals surface area (Å²) in [7, 11) is 3.33. The third-order valence-corrected chi connectivity index (χ3v) is 6.43. The first kappa shape index (κ1) is 21.7. The first-order valence-corrected chi connectivity index (χ1v) is 10.8. The van der Waals surface area contributed by atoms with Crippen LogP contribution in [0.4, 0.5) is 4.79 Å². The molecule has 2 aromatic rings. The van der Waals surface area contributed by atoms with Crippen LogP contribution < -0.4 is 0 Å². The van der Waals surface area contributed by atoms with Crippen LogP contribution in [0.5, 0.6) is 0 Å². The molecule has 0 aliphatic carbocycles. The maximum atomic E-state index is 13.3. The third kappa shape index (κ3) is 4.60. The molecule has 3 amide bonds. The molecule has 0 spiro atoms. The zero-order valence-corrected chi connectivity index (χ0v) is 18.7. The van der Waals surface area contributed by atoms with Gasteiger partial charge in [0.1, 0.15) is 6.54 Å². The van der Waals surface area contributed by atoms with Gasteiger partial charge in [-0.1, -0.05) is 35.3 Å². The summed E-state index contributed by atoms with van der Waals surface area (Å²) in [5.74, 6) is -0.130. The molecule has 1 aliphatic rings. The monoisotopic (exact) mass is 451 g/mol. The SMILES string of the molecule is C=CCN(CC(=O)N1CCc2sccc2C1c1ccc(Cl)cc1Cl)C(=O)N(C)C. The lowest BCUT2D eigenvalue weighted by Crippen LogP contribution is -2.48. The predicted molar refractivity (Wildman–Crippen MR) is 119 cm³/mol. The van der Waals surface area contributed by atoms with Crippen molar-refractivity contribution in [1.82, 2.24) is 14.7 Å². The fourth-order valence-electron chi connectivity index (χ4n) is 3.55. The lowest BCUT2D eigenvalue weighted by molar-refractivity contribution is -0.133. The largest absolute Gasteiger partial charge is 0.331 e. The predicted octanol–water partition coefficient (Wildman–Crippen LogP) is 4.70. The van der Waals surface area contributed by atoms with Gasteiger partial charge in [-0.15, -0.1) is 17.9 Å². The topological polar surface area (TPSA) is 43.9 Å². The van der Waals surface area contributed by atoms with E-state index >= 15 is 0 Å². The number of halogens is 2. The number of thiophene rings is 1. The molecular formula is C21H23Cl2N3O2S. The van der Waals surface area contributed by atoms with Crippen LogP contribution in [0.15, 0.2) is 42.3 Å². The molecule has 0 bridgehead atoms. The number of carbonyl (C=O) groups excluding carboxylic acids is 2. The Balaban J connectivity index is 1.95. The minimum atomic E-state index is -0.303. The van der Waals surface area contributed by atoms with E-state index in [-0.39, 0.29) is 24.5 Å². The van der Waals surface area contributed by atoms with E-state index < -0.39 is 0 Å². The van der Waals surface area contributed by atoms with Crippen LogP contribution in [0.2, 0.25) is 10.0 Å². The van der Waals surface area contributed by atoms with E-state index in [0.717, 1.165) is 17.5 Å². The quantitative estimate of drug-likeness (QED) is 0.618. The van der Waals surface area contributed by atoms with Gasteiger partial charge in [0.05, 0.1) is 6.04 Å². The Morgan fingerprint density at radius 3 is 2.69 bits per heavy atom. The molecule has 1 atom stereocenters. The summed E-state index contributed by atoms with van der Waals surface area (Å²) in [6.45, 7) is 4.54. The second kappa shape index (κ2) is 9.20. The molecule has 1 aliphatic heterocycles. The number of benzene rings is 1. The Morgan fingerprint density at radius 2 is 2.03 bits per heavy atom. The number of amides is 3. The first-order valence-electron chi connectivity index (χ1n) is 9.21. The van der Waals surface area contributed by atoms with Crippen LogP contribution in [0.25, 0.3) is 0 Å². The normalized spacial score (nSPS) is 15.6. The van der Waals surface area contributed by atoms with Crippen LogP contribution in [0.1, 0.15) is 22.0 Å². The third-order valence-electron chi connectivity index (χ3n) is 4.87. The molecule has 0 saturated heterocycles. The van der Waals surface area contributed by atoms with Gasteiger partial charge in [-0.05, 0) is 41.1 Å². The number of hydrogen-bond acceptors (Lipinski definition) is 3. The second-order valence-corrected chi connectivity index (χ2v) is 8.90. The smallest absolute Gasteiger partial charge is 0.320 e. The zero-order chi connectivity index (χ0) is 21.1. The lowest BCUT2D eigenvalue weighted by atomic mass is 9.93. The molecule has 1 aromatic carbocycles. The molecule has 1 unspecified atom stereocenters. The summed E-state index contributed by atoms with van der Waals surface area (Å²) in [5.41, 5.74) is 1.91. The van der Waals surface area contributed by atoms with E-state index in [1.54, 1.807) is 43.6 Å². The molecule has 5 nitrogen and oxygen atoms in total. The van der Waals surface area contributed by atoms with E-state index in [9.17, 15) is 9.59 Å². The fourth-order valence-corrected chi connectivity index (χ4v) is 4.96. The zero-order valence-electron chi connectivity index (χ0n) is 16.4. The molecule has 1 aromatic heterocycles. The van der Waals surface area contributed by atoms with Crippen molar-refractivity contribution in [3.05, 3.63) is 68.3 Å². The van der Waals surface area contributed by atoms with Crippen LogP contribution in [0.3, 0.4) is 0 Å². The van der Waals surface area contributed by atoms with Gasteiger partial charge in [0, 0.05) is 42.1 Å². The van der Waals surface area contributed by atoms with Gasteiger partial charge in [-0.2, -0.15) is 0 Å². The van der Waals surface area contributed by atoms with E-state index in [2.05, 4.69) is 6.58 Å². The minimum Gasteiger partial charge on any atom is -0.331 e. The van der Waals surface area contributed by atoms with Crippen molar-refractivity contribution in [1.29, 1.82) is 0 Å². The lowest BCUT2D eigenvalue weighted by Gasteiger charge is -2.38. The fraction of sp³-hybridized carbons (Fsp3) is 0.333. The van der Waals surface area contributed by atoms with Crippen molar-refractivity contribution in [3.8, 4) is 0 Å². The summed E-state index contributed by atoms with van der Waals surface area (Å²) >= 11 is 14.3. The molecule has 0 fully saturated rings. The first-order chi connectivity index (χ1) is 13.8.